The number of fused-ring (bicyclic) bond motifs is 1. The number of hydrogen-bond donors (Lipinski definition) is 2. The molecule has 2 aliphatic rings. The molecule has 0 spiro atoms. The van der Waals surface area contributed by atoms with Gasteiger partial charge in [0.05, 0.1) is 6.54 Å². The summed E-state index contributed by atoms with van der Waals surface area (Å²) in [5, 5.41) is 12.0. The lowest BCUT2D eigenvalue weighted by atomic mass is 9.95. The van der Waals surface area contributed by atoms with Gasteiger partial charge in [0.1, 0.15) is 11.6 Å². The van der Waals surface area contributed by atoms with Gasteiger partial charge in [0.2, 0.25) is 5.56 Å². The topological polar surface area (TPSA) is 95.9 Å². The lowest BCUT2D eigenvalue weighted by Crippen LogP contribution is -2.39. The Bertz CT molecular complexity index is 914. The van der Waals surface area contributed by atoms with Crippen molar-refractivity contribution in [1.82, 2.24) is 30.0 Å². The Balaban J connectivity index is 0.00000240. The summed E-state index contributed by atoms with van der Waals surface area (Å²) in [7, 11) is 0. The first-order valence-corrected chi connectivity index (χ1v) is 10.2. The van der Waals surface area contributed by atoms with Gasteiger partial charge in [-0.1, -0.05) is 13.8 Å². The number of halogens is 1. The zero-order valence-electron chi connectivity index (χ0n) is 17.0. The zero-order chi connectivity index (χ0) is 19.7. The second-order valence-electron chi connectivity index (χ2n) is 8.23. The van der Waals surface area contributed by atoms with Crippen LogP contribution in [0, 0.1) is 5.92 Å². The van der Waals surface area contributed by atoms with E-state index in [2.05, 4.69) is 38.9 Å². The molecule has 158 valence electrons. The number of nitrogens with zero attached hydrogens (tertiary/aromatic N) is 4. The summed E-state index contributed by atoms with van der Waals surface area (Å²) in [6.45, 7) is 8.16. The Kier molecular flexibility index (Phi) is 6.74. The van der Waals surface area contributed by atoms with E-state index in [1.807, 2.05) is 11.0 Å². The number of amides is 1. The van der Waals surface area contributed by atoms with E-state index in [0.29, 0.717) is 30.5 Å². The standard InChI is InChI=1S/C20H28N6O2.ClH/c1-13(2)9-16-10-15(11-18(27)22-16)20(28)25-6-3-14(4-7-25)19-24-23-17-12-21-5-8-26(17)19;/h10-11,13-14,21H,3-9,12H2,1-2H3,(H,22,27);1H. The average molecular weight is 421 g/mol. The molecule has 0 atom stereocenters. The molecule has 2 aromatic heterocycles. The molecule has 4 heterocycles. The summed E-state index contributed by atoms with van der Waals surface area (Å²) in [5.74, 6) is 2.75. The first kappa shape index (κ1) is 21.5. The maximum Gasteiger partial charge on any atom is 0.254 e. The molecular weight excluding hydrogens is 392 g/mol. The Morgan fingerprint density at radius 2 is 1.97 bits per heavy atom. The summed E-state index contributed by atoms with van der Waals surface area (Å²) >= 11 is 0. The van der Waals surface area contributed by atoms with E-state index in [-0.39, 0.29) is 23.9 Å². The third-order valence-electron chi connectivity index (χ3n) is 5.57. The van der Waals surface area contributed by atoms with Crippen LogP contribution in [0.4, 0.5) is 0 Å². The summed E-state index contributed by atoms with van der Waals surface area (Å²) in [5.41, 5.74) is 1.10. The Morgan fingerprint density at radius 1 is 1.21 bits per heavy atom. The van der Waals surface area contributed by atoms with Gasteiger partial charge in [-0.2, -0.15) is 0 Å². The van der Waals surface area contributed by atoms with E-state index < -0.39 is 0 Å². The fourth-order valence-electron chi connectivity index (χ4n) is 4.21. The number of pyridine rings is 1. The van der Waals surface area contributed by atoms with Crippen molar-refractivity contribution in [3.63, 3.8) is 0 Å². The molecule has 0 radical (unpaired) electrons. The second kappa shape index (κ2) is 9.09. The predicted octanol–water partition coefficient (Wildman–Crippen LogP) is 1.71. The number of carbonyl (C=O) groups excluding carboxylic acids is 1. The number of rotatable bonds is 4. The third kappa shape index (κ3) is 4.70. The van der Waals surface area contributed by atoms with Gasteiger partial charge in [0, 0.05) is 49.4 Å². The van der Waals surface area contributed by atoms with Gasteiger partial charge in [-0.25, -0.2) is 0 Å². The highest BCUT2D eigenvalue weighted by atomic mass is 35.5. The molecule has 2 aliphatic heterocycles. The minimum absolute atomic E-state index is 0. The highest BCUT2D eigenvalue weighted by Crippen LogP contribution is 2.28. The quantitative estimate of drug-likeness (QED) is 0.784. The number of aromatic amines is 1. The molecule has 2 N–H and O–H groups in total. The average Bonchev–Trinajstić information content (AvgIpc) is 3.11. The van der Waals surface area contributed by atoms with Crippen LogP contribution in [-0.2, 0) is 19.5 Å². The van der Waals surface area contributed by atoms with E-state index in [0.717, 1.165) is 56.2 Å². The first-order chi connectivity index (χ1) is 13.5. The van der Waals surface area contributed by atoms with Crippen LogP contribution in [0.1, 0.15) is 60.3 Å². The SMILES string of the molecule is CC(C)Cc1cc(C(=O)N2CCC(c3nnc4n3CCNC4)CC2)cc(=O)[nH]1.Cl. The minimum atomic E-state index is -0.208. The molecule has 9 heteroatoms. The molecule has 2 aromatic rings. The Morgan fingerprint density at radius 3 is 2.69 bits per heavy atom. The number of hydrogen-bond acceptors (Lipinski definition) is 5. The molecule has 29 heavy (non-hydrogen) atoms. The molecule has 1 saturated heterocycles. The highest BCUT2D eigenvalue weighted by Gasteiger charge is 2.29. The van der Waals surface area contributed by atoms with Crippen molar-refractivity contribution < 1.29 is 4.79 Å². The number of H-pyrrole nitrogens is 1. The van der Waals surface area contributed by atoms with Crippen LogP contribution in [0.15, 0.2) is 16.9 Å². The molecule has 1 amide bonds. The molecule has 1 fully saturated rings. The number of likely N-dealkylation sites (tertiary alicyclic amines) is 1. The van der Waals surface area contributed by atoms with E-state index in [4.69, 9.17) is 0 Å². The zero-order valence-corrected chi connectivity index (χ0v) is 17.8. The highest BCUT2D eigenvalue weighted by molar-refractivity contribution is 5.94. The number of piperidine rings is 1. The van der Waals surface area contributed by atoms with Crippen molar-refractivity contribution in [3.05, 3.63) is 45.4 Å². The number of aromatic nitrogens is 4. The normalized spacial score (nSPS) is 17.1. The molecule has 0 bridgehead atoms. The molecule has 0 saturated carbocycles. The predicted molar refractivity (Wildman–Crippen MR) is 112 cm³/mol. The van der Waals surface area contributed by atoms with Crippen LogP contribution in [0.2, 0.25) is 0 Å². The lowest BCUT2D eigenvalue weighted by molar-refractivity contribution is 0.0709. The van der Waals surface area contributed by atoms with Crippen LogP contribution in [0.25, 0.3) is 0 Å². The summed E-state index contributed by atoms with van der Waals surface area (Å²) in [4.78, 5) is 29.6. The molecule has 0 unspecified atom stereocenters. The van der Waals surface area contributed by atoms with Crippen molar-refractivity contribution in [3.8, 4) is 0 Å². The van der Waals surface area contributed by atoms with Crippen molar-refractivity contribution in [2.75, 3.05) is 19.6 Å². The van der Waals surface area contributed by atoms with Crippen LogP contribution in [0.3, 0.4) is 0 Å². The monoisotopic (exact) mass is 420 g/mol. The van der Waals surface area contributed by atoms with Gasteiger partial charge in [0.15, 0.2) is 0 Å². The van der Waals surface area contributed by atoms with E-state index in [1.165, 1.54) is 6.07 Å². The fraction of sp³-hybridized carbons (Fsp3) is 0.600. The summed E-state index contributed by atoms with van der Waals surface area (Å²) < 4.78 is 2.23. The molecule has 4 rings (SSSR count). The van der Waals surface area contributed by atoms with Gasteiger partial charge in [0.25, 0.3) is 5.91 Å². The van der Waals surface area contributed by atoms with Crippen LogP contribution >= 0.6 is 12.4 Å². The van der Waals surface area contributed by atoms with Gasteiger partial charge in [-0.15, -0.1) is 22.6 Å². The van der Waals surface area contributed by atoms with Crippen molar-refractivity contribution in [2.24, 2.45) is 5.92 Å². The fourth-order valence-corrected chi connectivity index (χ4v) is 4.21. The third-order valence-corrected chi connectivity index (χ3v) is 5.57. The summed E-state index contributed by atoms with van der Waals surface area (Å²) in [6, 6.07) is 3.25. The van der Waals surface area contributed by atoms with Crippen LogP contribution in [0.5, 0.6) is 0 Å². The van der Waals surface area contributed by atoms with Gasteiger partial charge in [-0.05, 0) is 31.2 Å². The largest absolute Gasteiger partial charge is 0.339 e. The second-order valence-corrected chi connectivity index (χ2v) is 8.23. The first-order valence-electron chi connectivity index (χ1n) is 10.2. The smallest absolute Gasteiger partial charge is 0.254 e. The molecule has 0 aliphatic carbocycles. The number of nitrogens with one attached hydrogen (secondary N) is 2. The van der Waals surface area contributed by atoms with Crippen molar-refractivity contribution in [1.29, 1.82) is 0 Å². The van der Waals surface area contributed by atoms with E-state index in [9.17, 15) is 9.59 Å². The van der Waals surface area contributed by atoms with Crippen LogP contribution < -0.4 is 10.9 Å². The molecule has 8 nitrogen and oxygen atoms in total. The Hall–Kier alpha value is -2.19. The van der Waals surface area contributed by atoms with Gasteiger partial charge < -0.3 is 19.8 Å². The van der Waals surface area contributed by atoms with Gasteiger partial charge >= 0.3 is 0 Å². The Labute approximate surface area is 176 Å². The maximum atomic E-state index is 12.9. The van der Waals surface area contributed by atoms with E-state index in [1.54, 1.807) is 0 Å². The molecular formula is C20H29ClN6O2. The van der Waals surface area contributed by atoms with Crippen LogP contribution in [-0.4, -0.2) is 50.2 Å². The molecule has 0 aromatic carbocycles. The van der Waals surface area contributed by atoms with Gasteiger partial charge in [-0.3, -0.25) is 9.59 Å². The number of carbonyl (C=O) groups is 1. The minimum Gasteiger partial charge on any atom is -0.339 e. The van der Waals surface area contributed by atoms with E-state index >= 15 is 0 Å². The maximum absolute atomic E-state index is 12.9. The summed E-state index contributed by atoms with van der Waals surface area (Å²) in [6.07, 6.45) is 2.50. The van der Waals surface area contributed by atoms with Crippen molar-refractivity contribution >= 4 is 18.3 Å². The lowest BCUT2D eigenvalue weighted by Gasteiger charge is -2.32. The van der Waals surface area contributed by atoms with Crippen molar-refractivity contribution in [2.45, 2.75) is 52.1 Å².